The van der Waals surface area contributed by atoms with Crippen molar-refractivity contribution in [1.29, 1.82) is 0 Å². The highest BCUT2D eigenvalue weighted by molar-refractivity contribution is 9.09. The second kappa shape index (κ2) is 4.50. The van der Waals surface area contributed by atoms with Crippen molar-refractivity contribution in [3.8, 4) is 5.75 Å². The molecule has 0 fully saturated rings. The predicted molar refractivity (Wildman–Crippen MR) is 52.0 cm³/mol. The molecule has 0 spiro atoms. The molecule has 1 rings (SSSR count). The van der Waals surface area contributed by atoms with Crippen molar-refractivity contribution in [2.75, 3.05) is 12.4 Å². The van der Waals surface area contributed by atoms with Crippen LogP contribution in [-0.4, -0.2) is 22.2 Å². The molecule has 0 aromatic carbocycles. The first-order valence-corrected chi connectivity index (χ1v) is 5.10. The molecule has 1 aromatic rings. The molecule has 0 unspecified atom stereocenters. The van der Waals surface area contributed by atoms with E-state index in [0.717, 1.165) is 29.7 Å². The quantitative estimate of drug-likeness (QED) is 0.742. The summed E-state index contributed by atoms with van der Waals surface area (Å²) in [4.78, 5) is 0. The second-order valence-electron chi connectivity index (χ2n) is 2.41. The number of aryl methyl sites for hydroxylation is 1. The lowest BCUT2D eigenvalue weighted by molar-refractivity contribution is 0.408. The third kappa shape index (κ3) is 1.80. The number of hydrogen-bond acceptors (Lipinski definition) is 2. The van der Waals surface area contributed by atoms with Gasteiger partial charge in [0.1, 0.15) is 0 Å². The molecule has 0 saturated heterocycles. The Morgan fingerprint density at radius 1 is 1.67 bits per heavy atom. The van der Waals surface area contributed by atoms with Crippen molar-refractivity contribution in [2.45, 2.75) is 19.9 Å². The highest BCUT2D eigenvalue weighted by Gasteiger charge is 2.08. The van der Waals surface area contributed by atoms with Crippen LogP contribution in [0.3, 0.4) is 0 Å². The minimum Gasteiger partial charge on any atom is -0.493 e. The molecule has 1 heterocycles. The lowest BCUT2D eigenvalue weighted by Crippen LogP contribution is -2.03. The number of hydrogen-bond donors (Lipinski definition) is 0. The van der Waals surface area contributed by atoms with Gasteiger partial charge in [0.2, 0.25) is 0 Å². The number of alkyl halides is 1. The summed E-state index contributed by atoms with van der Waals surface area (Å²) in [6.45, 7) is 2.97. The fraction of sp³-hybridized carbons (Fsp3) is 0.625. The molecule has 0 radical (unpaired) electrons. The van der Waals surface area contributed by atoms with Crippen molar-refractivity contribution in [3.05, 3.63) is 11.9 Å². The number of nitrogens with zero attached hydrogens (tertiary/aromatic N) is 2. The van der Waals surface area contributed by atoms with Crippen LogP contribution in [0.15, 0.2) is 6.20 Å². The number of methoxy groups -OCH3 is 1. The van der Waals surface area contributed by atoms with E-state index in [2.05, 4.69) is 28.0 Å². The van der Waals surface area contributed by atoms with Crippen LogP contribution in [0.25, 0.3) is 0 Å². The zero-order valence-electron chi connectivity index (χ0n) is 7.38. The van der Waals surface area contributed by atoms with Gasteiger partial charge < -0.3 is 4.74 Å². The van der Waals surface area contributed by atoms with Gasteiger partial charge in [-0.1, -0.05) is 15.9 Å². The van der Waals surface area contributed by atoms with Gasteiger partial charge in [-0.3, -0.25) is 4.68 Å². The molecule has 3 nitrogen and oxygen atoms in total. The van der Waals surface area contributed by atoms with Gasteiger partial charge in [0.05, 0.1) is 19.0 Å². The summed E-state index contributed by atoms with van der Waals surface area (Å²) in [5.74, 6) is 0.885. The van der Waals surface area contributed by atoms with E-state index < -0.39 is 0 Å². The van der Waals surface area contributed by atoms with E-state index in [-0.39, 0.29) is 0 Å². The Morgan fingerprint density at radius 2 is 2.42 bits per heavy atom. The first kappa shape index (κ1) is 9.58. The van der Waals surface area contributed by atoms with Gasteiger partial charge in [-0.2, -0.15) is 5.10 Å². The van der Waals surface area contributed by atoms with E-state index in [9.17, 15) is 0 Å². The molecule has 0 saturated carbocycles. The van der Waals surface area contributed by atoms with Crippen LogP contribution in [0.4, 0.5) is 0 Å². The minimum atomic E-state index is 0.885. The lowest BCUT2D eigenvalue weighted by Gasteiger charge is -2.04. The smallest absolute Gasteiger partial charge is 0.159 e. The number of aromatic nitrogens is 2. The van der Waals surface area contributed by atoms with Crippen molar-refractivity contribution in [3.63, 3.8) is 0 Å². The summed E-state index contributed by atoms with van der Waals surface area (Å²) in [5.41, 5.74) is 1.16. The normalized spacial score (nSPS) is 10.2. The Bertz CT molecular complexity index is 226. The molecule has 1 aromatic heterocycles. The molecule has 0 N–H and O–H groups in total. The molecule has 0 aliphatic rings. The molecule has 0 atom stereocenters. The van der Waals surface area contributed by atoms with Gasteiger partial charge in [0.25, 0.3) is 0 Å². The molecular formula is C8H13BrN2O. The molecule has 12 heavy (non-hydrogen) atoms. The molecule has 0 aliphatic heterocycles. The van der Waals surface area contributed by atoms with Crippen LogP contribution in [0.5, 0.6) is 5.75 Å². The van der Waals surface area contributed by atoms with E-state index in [1.54, 1.807) is 13.3 Å². The SMILES string of the molecule is CCn1ncc(OC)c1CCBr. The van der Waals surface area contributed by atoms with Gasteiger partial charge >= 0.3 is 0 Å². The maximum absolute atomic E-state index is 5.18. The highest BCUT2D eigenvalue weighted by atomic mass is 79.9. The monoisotopic (exact) mass is 232 g/mol. The van der Waals surface area contributed by atoms with Crippen LogP contribution >= 0.6 is 15.9 Å². The van der Waals surface area contributed by atoms with Gasteiger partial charge in [-0.05, 0) is 6.92 Å². The van der Waals surface area contributed by atoms with Crippen molar-refractivity contribution in [2.24, 2.45) is 0 Å². The third-order valence-electron chi connectivity index (χ3n) is 1.76. The number of halogens is 1. The Morgan fingerprint density at radius 3 is 2.92 bits per heavy atom. The summed E-state index contributed by atoms with van der Waals surface area (Å²) >= 11 is 3.40. The zero-order chi connectivity index (χ0) is 8.97. The van der Waals surface area contributed by atoms with Crippen molar-refractivity contribution in [1.82, 2.24) is 9.78 Å². The van der Waals surface area contributed by atoms with Crippen LogP contribution in [0.2, 0.25) is 0 Å². The van der Waals surface area contributed by atoms with Crippen LogP contribution < -0.4 is 4.74 Å². The molecule has 0 aliphatic carbocycles. The maximum atomic E-state index is 5.18. The zero-order valence-corrected chi connectivity index (χ0v) is 8.97. The van der Waals surface area contributed by atoms with Crippen LogP contribution in [0.1, 0.15) is 12.6 Å². The summed E-state index contributed by atoms with van der Waals surface area (Å²) in [6, 6.07) is 0. The van der Waals surface area contributed by atoms with E-state index >= 15 is 0 Å². The van der Waals surface area contributed by atoms with E-state index in [4.69, 9.17) is 4.74 Å². The Balaban J connectivity index is 2.90. The van der Waals surface area contributed by atoms with E-state index in [0.29, 0.717) is 0 Å². The minimum absolute atomic E-state index is 0.885. The average molecular weight is 233 g/mol. The molecule has 68 valence electrons. The highest BCUT2D eigenvalue weighted by Crippen LogP contribution is 2.18. The first-order valence-electron chi connectivity index (χ1n) is 3.98. The Labute approximate surface area is 80.8 Å². The summed E-state index contributed by atoms with van der Waals surface area (Å²) in [7, 11) is 1.68. The maximum Gasteiger partial charge on any atom is 0.159 e. The van der Waals surface area contributed by atoms with Gasteiger partial charge in [-0.25, -0.2) is 0 Å². The summed E-state index contributed by atoms with van der Waals surface area (Å²) < 4.78 is 7.13. The molecule has 0 amide bonds. The third-order valence-corrected chi connectivity index (χ3v) is 2.16. The van der Waals surface area contributed by atoms with Crippen molar-refractivity contribution >= 4 is 15.9 Å². The second-order valence-corrected chi connectivity index (χ2v) is 3.21. The standard InChI is InChI=1S/C8H13BrN2O/c1-3-11-7(4-5-9)8(12-2)6-10-11/h6H,3-5H2,1-2H3. The van der Waals surface area contributed by atoms with E-state index in [1.165, 1.54) is 0 Å². The van der Waals surface area contributed by atoms with Crippen LogP contribution in [0, 0.1) is 0 Å². The van der Waals surface area contributed by atoms with Crippen molar-refractivity contribution < 1.29 is 4.74 Å². The lowest BCUT2D eigenvalue weighted by atomic mass is 10.3. The summed E-state index contributed by atoms with van der Waals surface area (Å²) in [5, 5.41) is 5.13. The Hall–Kier alpha value is -0.510. The molecule has 0 bridgehead atoms. The number of ether oxygens (including phenoxy) is 1. The van der Waals surface area contributed by atoms with Gasteiger partial charge in [0.15, 0.2) is 5.75 Å². The van der Waals surface area contributed by atoms with Gasteiger partial charge in [0, 0.05) is 18.3 Å². The van der Waals surface area contributed by atoms with Gasteiger partial charge in [-0.15, -0.1) is 0 Å². The fourth-order valence-corrected chi connectivity index (χ4v) is 1.55. The molecule has 4 heteroatoms. The average Bonchev–Trinajstić information content (AvgIpc) is 2.48. The molecular weight excluding hydrogens is 220 g/mol. The fourth-order valence-electron chi connectivity index (χ4n) is 1.18. The Kier molecular flexibility index (Phi) is 3.59. The predicted octanol–water partition coefficient (Wildman–Crippen LogP) is 1.85. The topological polar surface area (TPSA) is 27.1 Å². The largest absolute Gasteiger partial charge is 0.493 e. The van der Waals surface area contributed by atoms with Crippen LogP contribution in [-0.2, 0) is 13.0 Å². The van der Waals surface area contributed by atoms with E-state index in [1.807, 2.05) is 4.68 Å². The first-order chi connectivity index (χ1) is 5.83. The number of rotatable bonds is 4. The summed E-state index contributed by atoms with van der Waals surface area (Å²) in [6.07, 6.45) is 2.72.